The number of aldehydes is 1. The molecule has 0 aromatic heterocycles. The monoisotopic (exact) mass is 283 g/mol. The van der Waals surface area contributed by atoms with Gasteiger partial charge in [0.25, 0.3) is 0 Å². The fourth-order valence-electron chi connectivity index (χ4n) is 2.22. The van der Waals surface area contributed by atoms with Crippen LogP contribution < -0.4 is 4.74 Å². The van der Waals surface area contributed by atoms with E-state index in [0.717, 1.165) is 17.4 Å². The maximum absolute atomic E-state index is 13.3. The Kier molecular flexibility index (Phi) is 4.34. The fourth-order valence-corrected chi connectivity index (χ4v) is 2.22. The second kappa shape index (κ2) is 6.19. The van der Waals surface area contributed by atoms with Crippen LogP contribution in [0.25, 0.3) is 0 Å². The lowest BCUT2D eigenvalue weighted by molar-refractivity contribution is 0.112. The zero-order valence-corrected chi connectivity index (χ0v) is 11.8. The lowest BCUT2D eigenvalue weighted by atomic mass is 10.1. The van der Waals surface area contributed by atoms with Gasteiger partial charge in [0.2, 0.25) is 0 Å². The molecule has 0 unspecified atom stereocenters. The van der Waals surface area contributed by atoms with Gasteiger partial charge < -0.3 is 4.74 Å². The Morgan fingerprint density at radius 2 is 1.90 bits per heavy atom. The van der Waals surface area contributed by atoms with Gasteiger partial charge in [0.15, 0.2) is 0 Å². The van der Waals surface area contributed by atoms with Crippen molar-refractivity contribution in [2.24, 2.45) is 0 Å². The molecule has 0 bridgehead atoms. The van der Waals surface area contributed by atoms with E-state index < -0.39 is 5.82 Å². The molecule has 0 aliphatic carbocycles. The van der Waals surface area contributed by atoms with Crippen molar-refractivity contribution in [2.75, 3.05) is 0 Å². The first-order chi connectivity index (χ1) is 10.0. The van der Waals surface area contributed by atoms with Crippen molar-refractivity contribution in [3.8, 4) is 11.8 Å². The summed E-state index contributed by atoms with van der Waals surface area (Å²) in [5.41, 5.74) is 3.12. The first kappa shape index (κ1) is 14.7. The molecule has 0 radical (unpaired) electrons. The van der Waals surface area contributed by atoms with Gasteiger partial charge in [0.05, 0.1) is 11.6 Å². The van der Waals surface area contributed by atoms with Crippen molar-refractivity contribution in [2.45, 2.75) is 20.5 Å². The average molecular weight is 283 g/mol. The van der Waals surface area contributed by atoms with E-state index in [0.29, 0.717) is 22.4 Å². The Morgan fingerprint density at radius 1 is 1.24 bits per heavy atom. The first-order valence-corrected chi connectivity index (χ1v) is 6.43. The molecule has 0 N–H and O–H groups in total. The molecule has 0 saturated carbocycles. The Bertz CT molecular complexity index is 709. The molecular formula is C17H14FNO2. The van der Waals surface area contributed by atoms with Crippen molar-refractivity contribution >= 4 is 6.29 Å². The van der Waals surface area contributed by atoms with Crippen molar-refractivity contribution in [1.29, 1.82) is 5.26 Å². The van der Waals surface area contributed by atoms with Crippen LogP contribution in [0, 0.1) is 31.0 Å². The summed E-state index contributed by atoms with van der Waals surface area (Å²) < 4.78 is 19.0. The molecule has 3 nitrogen and oxygen atoms in total. The highest BCUT2D eigenvalue weighted by Crippen LogP contribution is 2.25. The summed E-state index contributed by atoms with van der Waals surface area (Å²) in [4.78, 5) is 10.8. The lowest BCUT2D eigenvalue weighted by Gasteiger charge is -2.13. The van der Waals surface area contributed by atoms with E-state index in [4.69, 9.17) is 10.00 Å². The van der Waals surface area contributed by atoms with E-state index in [-0.39, 0.29) is 6.61 Å². The highest BCUT2D eigenvalue weighted by atomic mass is 19.1. The number of nitriles is 1. The van der Waals surface area contributed by atoms with Gasteiger partial charge in [0.1, 0.15) is 24.5 Å². The van der Waals surface area contributed by atoms with Crippen LogP contribution >= 0.6 is 0 Å². The van der Waals surface area contributed by atoms with E-state index in [1.165, 1.54) is 18.2 Å². The fraction of sp³-hybridized carbons (Fsp3) is 0.176. The van der Waals surface area contributed by atoms with Crippen LogP contribution in [0.3, 0.4) is 0 Å². The van der Waals surface area contributed by atoms with E-state index in [2.05, 4.69) is 0 Å². The minimum atomic E-state index is -0.405. The molecule has 0 amide bonds. The number of aryl methyl sites for hydroxylation is 2. The third-order valence-corrected chi connectivity index (χ3v) is 3.18. The quantitative estimate of drug-likeness (QED) is 0.804. The summed E-state index contributed by atoms with van der Waals surface area (Å²) in [5.74, 6) is 0.242. The van der Waals surface area contributed by atoms with Gasteiger partial charge in [-0.3, -0.25) is 4.79 Å². The molecule has 0 fully saturated rings. The van der Waals surface area contributed by atoms with Crippen molar-refractivity contribution in [3.63, 3.8) is 0 Å². The molecule has 2 aromatic carbocycles. The Morgan fingerprint density at radius 3 is 2.48 bits per heavy atom. The number of nitrogens with zero attached hydrogens (tertiary/aromatic N) is 1. The third-order valence-electron chi connectivity index (χ3n) is 3.18. The van der Waals surface area contributed by atoms with Crippen LogP contribution in [0.1, 0.15) is 32.6 Å². The Balaban J connectivity index is 2.27. The van der Waals surface area contributed by atoms with E-state index in [9.17, 15) is 9.18 Å². The van der Waals surface area contributed by atoms with Gasteiger partial charge in [-0.15, -0.1) is 0 Å². The van der Waals surface area contributed by atoms with Crippen molar-refractivity contribution in [1.82, 2.24) is 0 Å². The number of hydrogen-bond acceptors (Lipinski definition) is 3. The molecule has 0 aliphatic rings. The second-order valence-electron chi connectivity index (χ2n) is 4.80. The zero-order chi connectivity index (χ0) is 15.4. The lowest BCUT2D eigenvalue weighted by Crippen LogP contribution is -2.02. The van der Waals surface area contributed by atoms with Gasteiger partial charge in [-0.05, 0) is 55.3 Å². The number of halogens is 1. The topological polar surface area (TPSA) is 50.1 Å². The largest absolute Gasteiger partial charge is 0.488 e. The summed E-state index contributed by atoms with van der Waals surface area (Å²) in [6.45, 7) is 3.78. The molecule has 106 valence electrons. The summed E-state index contributed by atoms with van der Waals surface area (Å²) in [5, 5.41) is 9.02. The van der Waals surface area contributed by atoms with Gasteiger partial charge in [-0.2, -0.15) is 5.26 Å². The molecule has 2 rings (SSSR count). The molecule has 0 saturated heterocycles. The normalized spacial score (nSPS) is 10.0. The van der Waals surface area contributed by atoms with Crippen molar-refractivity contribution in [3.05, 3.63) is 64.0 Å². The predicted octanol–water partition coefficient (Wildman–Crippen LogP) is 3.71. The van der Waals surface area contributed by atoms with Gasteiger partial charge in [-0.1, -0.05) is 0 Å². The third kappa shape index (κ3) is 3.26. The maximum atomic E-state index is 13.3. The van der Waals surface area contributed by atoms with E-state index in [1.54, 1.807) is 12.1 Å². The van der Waals surface area contributed by atoms with Crippen molar-refractivity contribution < 1.29 is 13.9 Å². The SMILES string of the molecule is Cc1cc(C=O)cc(C)c1OCc1cc(F)ccc1C#N. The number of ether oxygens (including phenoxy) is 1. The van der Waals surface area contributed by atoms with Crippen LogP contribution in [-0.4, -0.2) is 6.29 Å². The number of carbonyl (C=O) groups is 1. The van der Waals surface area contributed by atoms with Crippen LogP contribution in [0.15, 0.2) is 30.3 Å². The Hall–Kier alpha value is -2.67. The molecule has 4 heteroatoms. The van der Waals surface area contributed by atoms with Gasteiger partial charge in [0, 0.05) is 11.1 Å². The summed E-state index contributed by atoms with van der Waals surface area (Å²) >= 11 is 0. The minimum absolute atomic E-state index is 0.1000. The molecule has 21 heavy (non-hydrogen) atoms. The van der Waals surface area contributed by atoms with Gasteiger partial charge in [-0.25, -0.2) is 4.39 Å². The number of benzene rings is 2. The zero-order valence-electron chi connectivity index (χ0n) is 11.8. The van der Waals surface area contributed by atoms with Crippen LogP contribution in [0.4, 0.5) is 4.39 Å². The smallest absolute Gasteiger partial charge is 0.150 e. The van der Waals surface area contributed by atoms with Gasteiger partial charge >= 0.3 is 0 Å². The minimum Gasteiger partial charge on any atom is -0.488 e. The van der Waals surface area contributed by atoms with Crippen LogP contribution in [-0.2, 0) is 6.61 Å². The Labute approximate surface area is 122 Å². The molecule has 2 aromatic rings. The average Bonchev–Trinajstić information content (AvgIpc) is 2.46. The van der Waals surface area contributed by atoms with E-state index >= 15 is 0 Å². The maximum Gasteiger partial charge on any atom is 0.150 e. The molecule has 0 heterocycles. The van der Waals surface area contributed by atoms with Crippen LogP contribution in [0.5, 0.6) is 5.75 Å². The summed E-state index contributed by atoms with van der Waals surface area (Å²) in [6.07, 6.45) is 0.782. The highest BCUT2D eigenvalue weighted by Gasteiger charge is 2.09. The predicted molar refractivity (Wildman–Crippen MR) is 76.8 cm³/mol. The number of hydrogen-bond donors (Lipinski definition) is 0. The van der Waals surface area contributed by atoms with Crippen LogP contribution in [0.2, 0.25) is 0 Å². The molecule has 0 atom stereocenters. The first-order valence-electron chi connectivity index (χ1n) is 6.43. The number of carbonyl (C=O) groups excluding carboxylic acids is 1. The summed E-state index contributed by atoms with van der Waals surface area (Å²) in [7, 11) is 0. The van der Waals surface area contributed by atoms with E-state index in [1.807, 2.05) is 19.9 Å². The molecular weight excluding hydrogens is 269 g/mol. The molecule has 0 spiro atoms. The highest BCUT2D eigenvalue weighted by molar-refractivity contribution is 5.76. The number of rotatable bonds is 4. The second-order valence-corrected chi connectivity index (χ2v) is 4.80. The standard InChI is InChI=1S/C17H14FNO2/c1-11-5-13(9-20)6-12(2)17(11)21-10-15-7-16(18)4-3-14(15)8-19/h3-7,9H,10H2,1-2H3. The summed E-state index contributed by atoms with van der Waals surface area (Å²) in [6, 6.07) is 9.45. The molecule has 0 aliphatic heterocycles.